The second kappa shape index (κ2) is 10.1. The zero-order chi connectivity index (χ0) is 26.9. The van der Waals surface area contributed by atoms with Gasteiger partial charge in [0.25, 0.3) is 0 Å². The van der Waals surface area contributed by atoms with Crippen molar-refractivity contribution in [1.82, 2.24) is 4.90 Å². The molecule has 1 unspecified atom stereocenters. The molecule has 0 heterocycles. The summed E-state index contributed by atoms with van der Waals surface area (Å²) >= 11 is 0. The van der Waals surface area contributed by atoms with E-state index in [0.717, 1.165) is 24.3 Å². The molecule has 3 rings (SSSR count). The van der Waals surface area contributed by atoms with Gasteiger partial charge >= 0.3 is 12.4 Å². The average Bonchev–Trinajstić information content (AvgIpc) is 3.12. The fraction of sp³-hybridized carbons (Fsp3) is 0.357. The van der Waals surface area contributed by atoms with E-state index in [0.29, 0.717) is 34.6 Å². The molecular formula is C28H27F6NO. The standard InChI is InChI=1S/C28H27F6NO/c1-6-36-24-17-26(18(2)3,35(4)5)23(16-9-19-7-12-21(13-8-19)27(29,30)31)25(24)20-10-14-22(15-11-20)28(32,33)34/h7-8,10-15,17-18H,6H2,1-5H3. The van der Waals surface area contributed by atoms with Crippen LogP contribution in [0.2, 0.25) is 0 Å². The first-order chi connectivity index (χ1) is 16.7. The Kier molecular flexibility index (Phi) is 7.66. The van der Waals surface area contributed by atoms with Crippen LogP contribution in [0.25, 0.3) is 5.57 Å². The molecule has 36 heavy (non-hydrogen) atoms. The van der Waals surface area contributed by atoms with E-state index in [2.05, 4.69) is 11.8 Å². The maximum absolute atomic E-state index is 13.2. The molecule has 2 nitrogen and oxygen atoms in total. The molecule has 1 aliphatic carbocycles. The molecule has 2 aromatic carbocycles. The van der Waals surface area contributed by atoms with E-state index in [-0.39, 0.29) is 5.92 Å². The predicted octanol–water partition coefficient (Wildman–Crippen LogP) is 7.42. The Morgan fingerprint density at radius 1 is 0.833 bits per heavy atom. The van der Waals surface area contributed by atoms with Crippen LogP contribution < -0.4 is 0 Å². The number of hydrogen-bond acceptors (Lipinski definition) is 2. The third-order valence-electron chi connectivity index (χ3n) is 6.21. The van der Waals surface area contributed by atoms with E-state index < -0.39 is 29.0 Å². The third-order valence-corrected chi connectivity index (χ3v) is 6.21. The van der Waals surface area contributed by atoms with Crippen LogP contribution in [0.5, 0.6) is 0 Å². The van der Waals surface area contributed by atoms with E-state index in [1.54, 1.807) is 0 Å². The minimum absolute atomic E-state index is 0.0215. The van der Waals surface area contributed by atoms with Gasteiger partial charge in [0.2, 0.25) is 0 Å². The smallest absolute Gasteiger partial charge is 0.416 e. The quantitative estimate of drug-likeness (QED) is 0.309. The van der Waals surface area contributed by atoms with Gasteiger partial charge in [-0.3, -0.25) is 4.90 Å². The lowest BCUT2D eigenvalue weighted by Gasteiger charge is -2.39. The van der Waals surface area contributed by atoms with Crippen LogP contribution in [0.1, 0.15) is 43.0 Å². The summed E-state index contributed by atoms with van der Waals surface area (Å²) in [4.78, 5) is 1.96. The van der Waals surface area contributed by atoms with Crippen LogP contribution >= 0.6 is 0 Å². The van der Waals surface area contributed by atoms with Gasteiger partial charge in [-0.15, -0.1) is 0 Å². The molecule has 0 saturated carbocycles. The Labute approximate surface area is 207 Å². The summed E-state index contributed by atoms with van der Waals surface area (Å²) in [6, 6.07) is 9.33. The molecule has 8 heteroatoms. The predicted molar refractivity (Wildman–Crippen MR) is 128 cm³/mol. The van der Waals surface area contributed by atoms with Crippen molar-refractivity contribution in [2.45, 2.75) is 38.7 Å². The van der Waals surface area contributed by atoms with Crippen molar-refractivity contribution in [1.29, 1.82) is 0 Å². The summed E-state index contributed by atoms with van der Waals surface area (Å²) in [5.74, 6) is 6.58. The average molecular weight is 508 g/mol. The second-order valence-electron chi connectivity index (χ2n) is 8.97. The topological polar surface area (TPSA) is 12.5 Å². The maximum atomic E-state index is 13.2. The van der Waals surface area contributed by atoms with E-state index in [1.807, 2.05) is 45.8 Å². The Morgan fingerprint density at radius 3 is 1.75 bits per heavy atom. The summed E-state index contributed by atoms with van der Waals surface area (Å²) in [5, 5.41) is 0. The molecule has 0 aliphatic heterocycles. The van der Waals surface area contributed by atoms with Gasteiger partial charge in [0.15, 0.2) is 0 Å². The number of likely N-dealkylation sites (N-methyl/N-ethyl adjacent to an activating group) is 1. The van der Waals surface area contributed by atoms with Crippen molar-refractivity contribution in [3.63, 3.8) is 0 Å². The third kappa shape index (κ3) is 5.31. The fourth-order valence-corrected chi connectivity index (χ4v) is 4.41. The lowest BCUT2D eigenvalue weighted by Crippen LogP contribution is -2.47. The minimum Gasteiger partial charge on any atom is -0.493 e. The summed E-state index contributed by atoms with van der Waals surface area (Å²) in [6.45, 7) is 6.13. The van der Waals surface area contributed by atoms with Crippen LogP contribution in [0, 0.1) is 17.8 Å². The van der Waals surface area contributed by atoms with Crippen LogP contribution in [-0.2, 0) is 17.1 Å². The summed E-state index contributed by atoms with van der Waals surface area (Å²) in [6.07, 6.45) is -7.01. The molecule has 0 N–H and O–H groups in total. The highest BCUT2D eigenvalue weighted by Crippen LogP contribution is 2.47. The molecule has 0 saturated heterocycles. The van der Waals surface area contributed by atoms with Crippen LogP contribution in [0.3, 0.4) is 0 Å². The highest BCUT2D eigenvalue weighted by atomic mass is 19.4. The molecule has 0 fully saturated rings. The van der Waals surface area contributed by atoms with E-state index in [9.17, 15) is 26.3 Å². The Hall–Kier alpha value is -3.18. The molecule has 0 radical (unpaired) electrons. The molecule has 0 amide bonds. The van der Waals surface area contributed by atoms with Crippen molar-refractivity contribution >= 4 is 5.57 Å². The van der Waals surface area contributed by atoms with Crippen molar-refractivity contribution < 1.29 is 31.1 Å². The Bertz CT molecular complexity index is 1200. The molecule has 2 aromatic rings. The highest BCUT2D eigenvalue weighted by Gasteiger charge is 2.45. The molecule has 0 bridgehead atoms. The van der Waals surface area contributed by atoms with Crippen molar-refractivity contribution in [3.8, 4) is 11.8 Å². The molecule has 0 spiro atoms. The van der Waals surface area contributed by atoms with Crippen molar-refractivity contribution in [3.05, 3.63) is 88.2 Å². The van der Waals surface area contributed by atoms with Gasteiger partial charge in [-0.25, -0.2) is 0 Å². The first-order valence-corrected chi connectivity index (χ1v) is 11.4. The summed E-state index contributed by atoms with van der Waals surface area (Å²) in [5.41, 5.74) is -0.248. The van der Waals surface area contributed by atoms with Crippen LogP contribution in [-0.4, -0.2) is 31.1 Å². The number of allylic oxidation sites excluding steroid dienone is 1. The minimum atomic E-state index is -4.47. The summed E-state index contributed by atoms with van der Waals surface area (Å²) < 4.78 is 84.3. The first kappa shape index (κ1) is 27.4. The molecular weight excluding hydrogens is 480 g/mol. The van der Waals surface area contributed by atoms with Gasteiger partial charge in [-0.05, 0) is 75.0 Å². The fourth-order valence-electron chi connectivity index (χ4n) is 4.41. The van der Waals surface area contributed by atoms with Crippen LogP contribution in [0.4, 0.5) is 26.3 Å². The number of ether oxygens (including phenoxy) is 1. The van der Waals surface area contributed by atoms with Gasteiger partial charge < -0.3 is 4.74 Å². The molecule has 1 atom stereocenters. The number of alkyl halides is 6. The van der Waals surface area contributed by atoms with Crippen LogP contribution in [0.15, 0.2) is 65.9 Å². The highest BCUT2D eigenvalue weighted by molar-refractivity contribution is 5.89. The largest absolute Gasteiger partial charge is 0.493 e. The van der Waals surface area contributed by atoms with E-state index in [4.69, 9.17) is 4.74 Å². The first-order valence-electron chi connectivity index (χ1n) is 11.4. The molecule has 192 valence electrons. The lowest BCUT2D eigenvalue weighted by atomic mass is 9.79. The van der Waals surface area contributed by atoms with Gasteiger partial charge in [0, 0.05) is 16.7 Å². The number of nitrogens with zero attached hydrogens (tertiary/aromatic N) is 1. The molecule has 1 aliphatic rings. The van der Waals surface area contributed by atoms with E-state index >= 15 is 0 Å². The van der Waals surface area contributed by atoms with Gasteiger partial charge in [0.1, 0.15) is 5.76 Å². The lowest BCUT2D eigenvalue weighted by molar-refractivity contribution is -0.138. The Morgan fingerprint density at radius 2 is 1.33 bits per heavy atom. The number of hydrogen-bond donors (Lipinski definition) is 0. The maximum Gasteiger partial charge on any atom is 0.416 e. The summed E-state index contributed by atoms with van der Waals surface area (Å²) in [7, 11) is 3.74. The number of benzene rings is 2. The second-order valence-corrected chi connectivity index (χ2v) is 8.97. The van der Waals surface area contributed by atoms with Gasteiger partial charge in [-0.2, -0.15) is 26.3 Å². The SMILES string of the molecule is CCOC1=CC(C(C)C)(N(C)C)C(C#Cc2ccc(C(F)(F)F)cc2)=C1c1ccc(C(F)(F)F)cc1. The molecule has 0 aromatic heterocycles. The monoisotopic (exact) mass is 507 g/mol. The Balaban J connectivity index is 2.24. The van der Waals surface area contributed by atoms with Gasteiger partial charge in [-0.1, -0.05) is 37.8 Å². The van der Waals surface area contributed by atoms with Crippen molar-refractivity contribution in [2.24, 2.45) is 5.92 Å². The van der Waals surface area contributed by atoms with Crippen molar-refractivity contribution in [2.75, 3.05) is 20.7 Å². The number of halogens is 6. The normalized spacial score (nSPS) is 18.4. The van der Waals surface area contributed by atoms with E-state index in [1.165, 1.54) is 24.3 Å². The zero-order valence-electron chi connectivity index (χ0n) is 20.6. The van der Waals surface area contributed by atoms with Gasteiger partial charge in [0.05, 0.1) is 23.3 Å². The number of rotatable bonds is 5. The zero-order valence-corrected chi connectivity index (χ0v) is 20.6.